The van der Waals surface area contributed by atoms with E-state index in [1.807, 2.05) is 18.2 Å². The van der Waals surface area contributed by atoms with Gasteiger partial charge in [0.05, 0.1) is 6.33 Å². The Morgan fingerprint density at radius 3 is 2.46 bits per heavy atom. The number of rotatable bonds is 3. The molecule has 1 amide bonds. The molecule has 0 unspecified atom stereocenters. The molecule has 1 aromatic carbocycles. The van der Waals surface area contributed by atoms with Crippen LogP contribution in [-0.4, -0.2) is 24.6 Å². The van der Waals surface area contributed by atoms with Gasteiger partial charge in [0.2, 0.25) is 5.91 Å². The monoisotopic (exact) mass is 327 g/mol. The molecular weight excluding hydrogens is 310 g/mol. The van der Waals surface area contributed by atoms with E-state index >= 15 is 0 Å². The predicted molar refractivity (Wildman–Crippen MR) is 90.0 cm³/mol. The molecule has 2 heterocycles. The van der Waals surface area contributed by atoms with E-state index in [2.05, 4.69) is 10.3 Å². The van der Waals surface area contributed by atoms with Gasteiger partial charge in [-0.25, -0.2) is 9.78 Å². The van der Waals surface area contributed by atoms with E-state index < -0.39 is 17.3 Å². The van der Waals surface area contributed by atoms with Crippen LogP contribution in [0.1, 0.15) is 13.0 Å². The Morgan fingerprint density at radius 1 is 1.12 bits per heavy atom. The summed E-state index contributed by atoms with van der Waals surface area (Å²) in [6.45, 7) is 1.67. The highest BCUT2D eigenvalue weighted by Crippen LogP contribution is 2.15. The van der Waals surface area contributed by atoms with Gasteiger partial charge in [-0.3, -0.25) is 18.7 Å². The second kappa shape index (κ2) is 5.80. The predicted octanol–water partition coefficient (Wildman–Crippen LogP) is 0.633. The van der Waals surface area contributed by atoms with Crippen LogP contribution in [0, 0.1) is 0 Å². The summed E-state index contributed by atoms with van der Waals surface area (Å²) < 4.78 is 3.77. The Hall–Kier alpha value is -3.16. The van der Waals surface area contributed by atoms with Gasteiger partial charge in [-0.15, -0.1) is 0 Å². The van der Waals surface area contributed by atoms with Crippen molar-refractivity contribution < 1.29 is 4.79 Å². The number of carbonyl (C=O) groups excluding carboxylic acids is 1. The van der Waals surface area contributed by atoms with E-state index in [0.717, 1.165) is 4.57 Å². The second-order valence-corrected chi connectivity index (χ2v) is 5.56. The molecule has 0 saturated heterocycles. The molecule has 0 fully saturated rings. The summed E-state index contributed by atoms with van der Waals surface area (Å²) in [5, 5.41) is 2.79. The maximum absolute atomic E-state index is 12.5. The van der Waals surface area contributed by atoms with Crippen molar-refractivity contribution in [2.24, 2.45) is 14.1 Å². The van der Waals surface area contributed by atoms with Crippen molar-refractivity contribution >= 4 is 22.8 Å². The number of fused-ring (bicyclic) bond motifs is 1. The Balaban J connectivity index is 2.05. The standard InChI is InChI=1S/C16H17N5O3/c1-10(14(22)18-11-7-5-4-6-8-11)21-9-17-13-12(21)15(23)20(3)16(24)19(13)2/h4-10H,1-3H3,(H,18,22)/t10-/m1/s1. The van der Waals surface area contributed by atoms with Gasteiger partial charge in [0.15, 0.2) is 11.2 Å². The molecule has 124 valence electrons. The first kappa shape index (κ1) is 15.7. The van der Waals surface area contributed by atoms with Gasteiger partial charge >= 0.3 is 5.69 Å². The van der Waals surface area contributed by atoms with E-state index in [0.29, 0.717) is 5.69 Å². The number of nitrogens with one attached hydrogen (secondary N) is 1. The number of amides is 1. The first-order chi connectivity index (χ1) is 11.4. The number of hydrogen-bond donors (Lipinski definition) is 1. The van der Waals surface area contributed by atoms with Crippen LogP contribution in [0.25, 0.3) is 11.2 Å². The van der Waals surface area contributed by atoms with Gasteiger partial charge in [0.25, 0.3) is 5.56 Å². The molecule has 3 aromatic rings. The lowest BCUT2D eigenvalue weighted by Gasteiger charge is -2.14. The van der Waals surface area contributed by atoms with Gasteiger partial charge < -0.3 is 9.88 Å². The van der Waals surface area contributed by atoms with E-state index in [1.165, 1.54) is 29.6 Å². The van der Waals surface area contributed by atoms with Gasteiger partial charge in [-0.1, -0.05) is 18.2 Å². The number of imidazole rings is 1. The van der Waals surface area contributed by atoms with Crippen LogP contribution in [0.5, 0.6) is 0 Å². The summed E-state index contributed by atoms with van der Waals surface area (Å²) in [5.41, 5.74) is 0.195. The smallest absolute Gasteiger partial charge is 0.324 e. The van der Waals surface area contributed by atoms with Crippen molar-refractivity contribution in [2.75, 3.05) is 5.32 Å². The van der Waals surface area contributed by atoms with Crippen molar-refractivity contribution in [1.82, 2.24) is 18.7 Å². The lowest BCUT2D eigenvalue weighted by Crippen LogP contribution is -2.38. The highest BCUT2D eigenvalue weighted by atomic mass is 16.2. The number of carbonyl (C=O) groups is 1. The van der Waals surface area contributed by atoms with Crippen molar-refractivity contribution in [3.05, 3.63) is 57.5 Å². The van der Waals surface area contributed by atoms with Gasteiger partial charge in [-0.2, -0.15) is 0 Å². The zero-order chi connectivity index (χ0) is 17.4. The minimum atomic E-state index is -0.666. The van der Waals surface area contributed by atoms with Crippen LogP contribution >= 0.6 is 0 Å². The summed E-state index contributed by atoms with van der Waals surface area (Å²) in [6.07, 6.45) is 1.40. The van der Waals surface area contributed by atoms with Crippen LogP contribution in [0.3, 0.4) is 0 Å². The number of nitrogens with zero attached hydrogens (tertiary/aromatic N) is 4. The highest BCUT2D eigenvalue weighted by Gasteiger charge is 2.21. The SMILES string of the molecule is C[C@H](C(=O)Nc1ccccc1)n1cnc2c1c(=O)n(C)c(=O)n2C. The maximum atomic E-state index is 12.5. The van der Waals surface area contributed by atoms with E-state index in [4.69, 9.17) is 0 Å². The van der Waals surface area contributed by atoms with Crippen LogP contribution in [-0.2, 0) is 18.9 Å². The van der Waals surface area contributed by atoms with E-state index in [-0.39, 0.29) is 17.1 Å². The molecule has 24 heavy (non-hydrogen) atoms. The van der Waals surface area contributed by atoms with Crippen LogP contribution in [0.4, 0.5) is 5.69 Å². The third kappa shape index (κ3) is 2.41. The molecule has 1 N–H and O–H groups in total. The van der Waals surface area contributed by atoms with Crippen molar-refractivity contribution in [3.63, 3.8) is 0 Å². The number of benzene rings is 1. The number of aryl methyl sites for hydroxylation is 1. The van der Waals surface area contributed by atoms with Gasteiger partial charge in [0, 0.05) is 19.8 Å². The Labute approximate surface area is 137 Å². The molecule has 1 atom stereocenters. The molecule has 0 aliphatic carbocycles. The highest BCUT2D eigenvalue weighted by molar-refractivity contribution is 5.94. The second-order valence-electron chi connectivity index (χ2n) is 5.56. The van der Waals surface area contributed by atoms with Gasteiger partial charge in [-0.05, 0) is 19.1 Å². The molecular formula is C16H17N5O3. The molecule has 0 saturated carbocycles. The lowest BCUT2D eigenvalue weighted by molar-refractivity contribution is -0.118. The number of para-hydroxylation sites is 1. The fourth-order valence-electron chi connectivity index (χ4n) is 2.55. The van der Waals surface area contributed by atoms with E-state index in [1.54, 1.807) is 19.1 Å². The first-order valence-electron chi connectivity index (χ1n) is 7.40. The molecule has 0 spiro atoms. The summed E-state index contributed by atoms with van der Waals surface area (Å²) in [4.78, 5) is 41.0. The van der Waals surface area contributed by atoms with Crippen LogP contribution in [0.15, 0.2) is 46.2 Å². The van der Waals surface area contributed by atoms with Crippen molar-refractivity contribution in [3.8, 4) is 0 Å². The zero-order valence-corrected chi connectivity index (χ0v) is 13.6. The summed E-state index contributed by atoms with van der Waals surface area (Å²) >= 11 is 0. The molecule has 0 aliphatic heterocycles. The quantitative estimate of drug-likeness (QED) is 0.764. The molecule has 3 rings (SSSR count). The first-order valence-corrected chi connectivity index (χ1v) is 7.40. The fraction of sp³-hybridized carbons (Fsp3) is 0.250. The third-order valence-electron chi connectivity index (χ3n) is 4.01. The fourth-order valence-corrected chi connectivity index (χ4v) is 2.55. The van der Waals surface area contributed by atoms with E-state index in [9.17, 15) is 14.4 Å². The van der Waals surface area contributed by atoms with Gasteiger partial charge in [0.1, 0.15) is 6.04 Å². The maximum Gasteiger partial charge on any atom is 0.332 e. The number of aromatic nitrogens is 4. The summed E-state index contributed by atoms with van der Waals surface area (Å²) in [5.74, 6) is -0.281. The average Bonchev–Trinajstić information content (AvgIpc) is 3.03. The normalized spacial score (nSPS) is 12.3. The minimum absolute atomic E-state index is 0.218. The average molecular weight is 327 g/mol. The van der Waals surface area contributed by atoms with Crippen LogP contribution in [0.2, 0.25) is 0 Å². The minimum Gasteiger partial charge on any atom is -0.324 e. The molecule has 0 aliphatic rings. The Kier molecular flexibility index (Phi) is 3.80. The Bertz CT molecular complexity index is 1030. The van der Waals surface area contributed by atoms with Crippen molar-refractivity contribution in [1.29, 1.82) is 0 Å². The summed E-state index contributed by atoms with van der Waals surface area (Å²) in [7, 11) is 2.94. The molecule has 0 radical (unpaired) electrons. The zero-order valence-electron chi connectivity index (χ0n) is 13.6. The Morgan fingerprint density at radius 2 is 1.79 bits per heavy atom. The molecule has 0 bridgehead atoms. The van der Waals surface area contributed by atoms with Crippen LogP contribution < -0.4 is 16.6 Å². The summed E-state index contributed by atoms with van der Waals surface area (Å²) in [6, 6.07) is 8.38. The van der Waals surface area contributed by atoms with Crippen molar-refractivity contribution in [2.45, 2.75) is 13.0 Å². The molecule has 8 nitrogen and oxygen atoms in total. The third-order valence-corrected chi connectivity index (χ3v) is 4.01. The largest absolute Gasteiger partial charge is 0.332 e. The number of hydrogen-bond acceptors (Lipinski definition) is 4. The number of anilines is 1. The molecule has 2 aromatic heterocycles. The lowest BCUT2D eigenvalue weighted by atomic mass is 10.2. The topological polar surface area (TPSA) is 90.9 Å². The molecule has 8 heteroatoms.